The minimum Gasteiger partial charge on any atom is -0.419 e. The second-order valence-electron chi connectivity index (χ2n) is 7.29. The smallest absolute Gasteiger partial charge is 0.236 e. The van der Waals surface area contributed by atoms with Crippen LogP contribution in [0.5, 0.6) is 0 Å². The number of sulfone groups is 1. The molecule has 0 N–H and O–H groups in total. The summed E-state index contributed by atoms with van der Waals surface area (Å²) in [5, 5.41) is -0.0937. The lowest BCUT2D eigenvalue weighted by molar-refractivity contribution is 0.554. The first-order valence-electron chi connectivity index (χ1n) is 9.68. The molecule has 0 spiro atoms. The summed E-state index contributed by atoms with van der Waals surface area (Å²) in [6.07, 6.45) is 0. The summed E-state index contributed by atoms with van der Waals surface area (Å²) in [6.45, 7) is 2.47. The molecule has 7 heteroatoms. The van der Waals surface area contributed by atoms with Gasteiger partial charge in [0, 0.05) is 23.6 Å². The first-order chi connectivity index (χ1) is 14.8. The number of rotatable bonds is 6. The highest BCUT2D eigenvalue weighted by Gasteiger charge is 2.30. The molecule has 1 heterocycles. The highest BCUT2D eigenvalue weighted by molar-refractivity contribution is 9.10. The van der Waals surface area contributed by atoms with Crippen molar-refractivity contribution in [2.24, 2.45) is 0 Å². The second-order valence-corrected chi connectivity index (χ2v) is 10.1. The fraction of sp³-hybridized carbons (Fsp3) is 0.125. The zero-order chi connectivity index (χ0) is 22.0. The van der Waals surface area contributed by atoms with E-state index in [0.717, 1.165) is 21.2 Å². The Kier molecular flexibility index (Phi) is 5.98. The van der Waals surface area contributed by atoms with Crippen LogP contribution in [0.15, 0.2) is 97.7 Å². The minimum absolute atomic E-state index is 0.0937. The summed E-state index contributed by atoms with van der Waals surface area (Å²) in [7, 11) is -2.09. The molecule has 4 aromatic rings. The van der Waals surface area contributed by atoms with Crippen molar-refractivity contribution in [2.75, 3.05) is 11.9 Å². The summed E-state index contributed by atoms with van der Waals surface area (Å²) in [5.74, 6) is 0.480. The Morgan fingerprint density at radius 2 is 1.58 bits per heavy atom. The van der Waals surface area contributed by atoms with Crippen LogP contribution in [0.25, 0.3) is 11.5 Å². The van der Waals surface area contributed by atoms with E-state index in [1.165, 1.54) is 0 Å². The molecule has 0 bridgehead atoms. The van der Waals surface area contributed by atoms with Gasteiger partial charge in [-0.3, -0.25) is 0 Å². The number of hydrogen-bond donors (Lipinski definition) is 0. The van der Waals surface area contributed by atoms with Gasteiger partial charge in [0.15, 0.2) is 0 Å². The highest BCUT2D eigenvalue weighted by Crippen LogP contribution is 2.35. The van der Waals surface area contributed by atoms with Crippen molar-refractivity contribution in [3.05, 3.63) is 94.5 Å². The Morgan fingerprint density at radius 1 is 0.935 bits per heavy atom. The third kappa shape index (κ3) is 4.57. The van der Waals surface area contributed by atoms with E-state index in [-0.39, 0.29) is 21.7 Å². The number of benzene rings is 3. The molecule has 0 saturated carbocycles. The molecular weight excluding hydrogens is 476 g/mol. The largest absolute Gasteiger partial charge is 0.419 e. The summed E-state index contributed by atoms with van der Waals surface area (Å²) >= 11 is 3.35. The fourth-order valence-electron chi connectivity index (χ4n) is 3.19. The lowest BCUT2D eigenvalue weighted by Crippen LogP contribution is -2.18. The van der Waals surface area contributed by atoms with E-state index >= 15 is 0 Å². The number of aromatic nitrogens is 1. The average molecular weight is 497 g/mol. The van der Waals surface area contributed by atoms with Gasteiger partial charge in [-0.05, 0) is 48.9 Å². The van der Waals surface area contributed by atoms with Crippen molar-refractivity contribution in [3.8, 4) is 11.5 Å². The third-order valence-corrected chi connectivity index (χ3v) is 7.06. The molecule has 0 saturated heterocycles. The SMILES string of the molecule is Cc1ccc(-c2nc(S(=O)(=O)c3ccc(Br)cc3)c(N(C)Cc3ccccc3)o2)cc1. The minimum atomic E-state index is -3.89. The van der Waals surface area contributed by atoms with Gasteiger partial charge < -0.3 is 9.32 Å². The Morgan fingerprint density at radius 3 is 2.23 bits per heavy atom. The summed E-state index contributed by atoms with van der Waals surface area (Å²) < 4.78 is 33.7. The quantitative estimate of drug-likeness (QED) is 0.333. The van der Waals surface area contributed by atoms with Crippen LogP contribution in [0.1, 0.15) is 11.1 Å². The van der Waals surface area contributed by atoms with Crippen molar-refractivity contribution in [1.82, 2.24) is 4.98 Å². The van der Waals surface area contributed by atoms with Crippen LogP contribution in [0.4, 0.5) is 5.88 Å². The van der Waals surface area contributed by atoms with Crippen LogP contribution in [-0.2, 0) is 16.4 Å². The van der Waals surface area contributed by atoms with E-state index in [4.69, 9.17) is 4.42 Å². The number of anilines is 1. The van der Waals surface area contributed by atoms with Gasteiger partial charge in [-0.15, -0.1) is 0 Å². The normalized spacial score (nSPS) is 11.5. The Bertz CT molecular complexity index is 1280. The maximum absolute atomic E-state index is 13.5. The van der Waals surface area contributed by atoms with E-state index in [1.54, 1.807) is 36.2 Å². The van der Waals surface area contributed by atoms with Gasteiger partial charge >= 0.3 is 0 Å². The maximum atomic E-state index is 13.5. The van der Waals surface area contributed by atoms with Crippen molar-refractivity contribution >= 4 is 31.7 Å². The summed E-state index contributed by atoms with van der Waals surface area (Å²) in [5.41, 5.74) is 2.85. The Hall–Kier alpha value is -2.90. The van der Waals surface area contributed by atoms with E-state index < -0.39 is 9.84 Å². The van der Waals surface area contributed by atoms with Gasteiger partial charge in [0.1, 0.15) is 0 Å². The Balaban J connectivity index is 1.81. The first-order valence-corrected chi connectivity index (χ1v) is 12.0. The predicted molar refractivity (Wildman–Crippen MR) is 125 cm³/mol. The lowest BCUT2D eigenvalue weighted by Gasteiger charge is -2.17. The molecule has 0 aliphatic carbocycles. The molecule has 0 aliphatic rings. The zero-order valence-corrected chi connectivity index (χ0v) is 19.5. The predicted octanol–water partition coefficient (Wildman–Crippen LogP) is 5.88. The number of nitrogens with zero attached hydrogens (tertiary/aromatic N) is 2. The molecule has 0 atom stereocenters. The molecule has 3 aromatic carbocycles. The van der Waals surface area contributed by atoms with Crippen molar-refractivity contribution in [2.45, 2.75) is 23.4 Å². The van der Waals surface area contributed by atoms with Gasteiger partial charge in [0.25, 0.3) is 0 Å². The number of hydrogen-bond acceptors (Lipinski definition) is 5. The standard InChI is InChI=1S/C24H21BrN2O3S/c1-17-8-10-19(11-9-17)22-26-23(31(28,29)21-14-12-20(25)13-15-21)24(30-22)27(2)16-18-6-4-3-5-7-18/h3-15H,16H2,1-2H3. The molecule has 0 unspecified atom stereocenters. The van der Waals surface area contributed by atoms with Crippen molar-refractivity contribution in [1.29, 1.82) is 0 Å². The van der Waals surface area contributed by atoms with Crippen LogP contribution >= 0.6 is 15.9 Å². The molecule has 4 rings (SSSR count). The number of halogens is 1. The van der Waals surface area contributed by atoms with Gasteiger partial charge in [-0.1, -0.05) is 64.0 Å². The topological polar surface area (TPSA) is 63.4 Å². The monoisotopic (exact) mass is 496 g/mol. The van der Waals surface area contributed by atoms with Crippen LogP contribution in [0, 0.1) is 6.92 Å². The van der Waals surface area contributed by atoms with Crippen LogP contribution in [0.3, 0.4) is 0 Å². The molecule has 31 heavy (non-hydrogen) atoms. The van der Waals surface area contributed by atoms with Crippen LogP contribution < -0.4 is 4.90 Å². The van der Waals surface area contributed by atoms with Crippen molar-refractivity contribution < 1.29 is 12.8 Å². The molecule has 158 valence electrons. The average Bonchev–Trinajstić information content (AvgIpc) is 3.22. The molecule has 0 radical (unpaired) electrons. The van der Waals surface area contributed by atoms with Crippen LogP contribution in [0.2, 0.25) is 0 Å². The maximum Gasteiger partial charge on any atom is 0.236 e. The molecule has 0 amide bonds. The van der Waals surface area contributed by atoms with Crippen LogP contribution in [-0.4, -0.2) is 20.4 Å². The fourth-order valence-corrected chi connectivity index (χ4v) is 4.80. The van der Waals surface area contributed by atoms with E-state index in [0.29, 0.717) is 6.54 Å². The van der Waals surface area contributed by atoms with E-state index in [9.17, 15) is 8.42 Å². The van der Waals surface area contributed by atoms with Gasteiger partial charge in [-0.25, -0.2) is 8.42 Å². The molecule has 0 aliphatic heterocycles. The second kappa shape index (κ2) is 8.69. The van der Waals surface area contributed by atoms with Crippen molar-refractivity contribution in [3.63, 3.8) is 0 Å². The van der Waals surface area contributed by atoms with Gasteiger partial charge in [0.05, 0.1) is 4.90 Å². The summed E-state index contributed by atoms with van der Waals surface area (Å²) in [4.78, 5) is 6.37. The van der Waals surface area contributed by atoms with E-state index in [1.807, 2.05) is 61.5 Å². The lowest BCUT2D eigenvalue weighted by atomic mass is 10.1. The first kappa shape index (κ1) is 21.3. The molecule has 5 nitrogen and oxygen atoms in total. The highest BCUT2D eigenvalue weighted by atomic mass is 79.9. The summed E-state index contributed by atoms with van der Waals surface area (Å²) in [6, 6.07) is 23.9. The molecule has 0 fully saturated rings. The number of oxazole rings is 1. The zero-order valence-electron chi connectivity index (χ0n) is 17.1. The Labute approximate surface area is 190 Å². The number of aryl methyl sites for hydroxylation is 1. The van der Waals surface area contributed by atoms with Gasteiger partial charge in [0.2, 0.25) is 26.6 Å². The molecular formula is C24H21BrN2O3S. The third-order valence-electron chi connectivity index (χ3n) is 4.87. The van der Waals surface area contributed by atoms with E-state index in [2.05, 4.69) is 20.9 Å². The molecule has 1 aromatic heterocycles. The van der Waals surface area contributed by atoms with Gasteiger partial charge in [-0.2, -0.15) is 4.98 Å².